The molecule has 0 unspecified atom stereocenters. The van der Waals surface area contributed by atoms with Crippen molar-refractivity contribution in [2.45, 2.75) is 19.8 Å². The lowest BCUT2D eigenvalue weighted by Gasteiger charge is -2.13. The smallest absolute Gasteiger partial charge is 0.224 e. The van der Waals surface area contributed by atoms with Gasteiger partial charge in [0.25, 0.3) is 0 Å². The van der Waals surface area contributed by atoms with Crippen LogP contribution in [0.15, 0.2) is 48.5 Å². The predicted molar refractivity (Wildman–Crippen MR) is 101 cm³/mol. The number of amides is 1. The Morgan fingerprint density at radius 3 is 2.16 bits per heavy atom. The van der Waals surface area contributed by atoms with Gasteiger partial charge in [-0.25, -0.2) is 0 Å². The Morgan fingerprint density at radius 1 is 0.960 bits per heavy atom. The summed E-state index contributed by atoms with van der Waals surface area (Å²) in [5, 5.41) is 2.81. The van der Waals surface area contributed by atoms with Crippen molar-refractivity contribution in [1.82, 2.24) is 0 Å². The largest absolute Gasteiger partial charge is 0.494 e. The summed E-state index contributed by atoms with van der Waals surface area (Å²) >= 11 is 0. The number of nitrogens with one attached hydrogen (secondary N) is 1. The number of ether oxygens (including phenoxy) is 1. The number of Topliss-reactive ketones (excluding diaryl/α,β-unsaturated/α-hetero) is 1. The normalized spacial score (nSPS) is 10.2. The van der Waals surface area contributed by atoms with Crippen molar-refractivity contribution >= 4 is 23.1 Å². The van der Waals surface area contributed by atoms with Gasteiger partial charge in [0.2, 0.25) is 5.91 Å². The van der Waals surface area contributed by atoms with Gasteiger partial charge in [-0.3, -0.25) is 9.59 Å². The van der Waals surface area contributed by atoms with Gasteiger partial charge in [0.1, 0.15) is 5.75 Å². The van der Waals surface area contributed by atoms with Crippen LogP contribution in [-0.4, -0.2) is 32.4 Å². The molecule has 0 saturated heterocycles. The molecule has 25 heavy (non-hydrogen) atoms. The van der Waals surface area contributed by atoms with Crippen molar-refractivity contribution in [3.8, 4) is 5.75 Å². The molecule has 0 aliphatic carbocycles. The SMILES string of the molecule is CCOc1ccc(C(=O)CCC(=O)Nc2ccc(N(C)C)cc2)cc1. The summed E-state index contributed by atoms with van der Waals surface area (Å²) in [6.45, 7) is 2.49. The number of carbonyl (C=O) groups excluding carboxylic acids is 2. The van der Waals surface area contributed by atoms with Crippen LogP contribution in [0.1, 0.15) is 30.1 Å². The Balaban J connectivity index is 1.83. The van der Waals surface area contributed by atoms with E-state index < -0.39 is 0 Å². The minimum Gasteiger partial charge on any atom is -0.494 e. The highest BCUT2D eigenvalue weighted by molar-refractivity contribution is 6.00. The standard InChI is InChI=1S/C20H24N2O3/c1-4-25-18-11-5-15(6-12-18)19(23)13-14-20(24)21-16-7-9-17(10-8-16)22(2)3/h5-12H,4,13-14H2,1-3H3,(H,21,24). The maximum atomic E-state index is 12.2. The molecule has 0 bridgehead atoms. The zero-order chi connectivity index (χ0) is 18.2. The average molecular weight is 340 g/mol. The van der Waals surface area contributed by atoms with E-state index in [9.17, 15) is 9.59 Å². The summed E-state index contributed by atoms with van der Waals surface area (Å²) in [5.41, 5.74) is 2.37. The highest BCUT2D eigenvalue weighted by Crippen LogP contribution is 2.17. The summed E-state index contributed by atoms with van der Waals surface area (Å²) in [7, 11) is 3.92. The molecule has 0 radical (unpaired) electrons. The molecule has 0 aliphatic rings. The fourth-order valence-electron chi connectivity index (χ4n) is 2.34. The number of benzene rings is 2. The van der Waals surface area contributed by atoms with Crippen LogP contribution in [0.3, 0.4) is 0 Å². The Labute approximate surface area is 148 Å². The Kier molecular flexibility index (Phi) is 6.57. The zero-order valence-electron chi connectivity index (χ0n) is 14.9. The van der Waals surface area contributed by atoms with Crippen LogP contribution in [0.4, 0.5) is 11.4 Å². The molecule has 1 amide bonds. The van der Waals surface area contributed by atoms with Crippen molar-refractivity contribution in [2.75, 3.05) is 30.9 Å². The number of hydrogen-bond donors (Lipinski definition) is 1. The third-order valence-electron chi connectivity index (χ3n) is 3.73. The van der Waals surface area contributed by atoms with Crippen molar-refractivity contribution in [3.63, 3.8) is 0 Å². The third kappa shape index (κ3) is 5.64. The molecule has 132 valence electrons. The van der Waals surface area contributed by atoms with Gasteiger partial charge in [-0.05, 0) is 55.5 Å². The molecule has 0 spiro atoms. The number of rotatable bonds is 8. The van der Waals surface area contributed by atoms with Gasteiger partial charge in [0.15, 0.2) is 5.78 Å². The molecule has 0 fully saturated rings. The number of carbonyl (C=O) groups is 2. The Hall–Kier alpha value is -2.82. The fourth-order valence-corrected chi connectivity index (χ4v) is 2.34. The molecular weight excluding hydrogens is 316 g/mol. The van der Waals surface area contributed by atoms with Crippen LogP contribution in [0.2, 0.25) is 0 Å². The summed E-state index contributed by atoms with van der Waals surface area (Å²) in [4.78, 5) is 26.2. The van der Waals surface area contributed by atoms with Gasteiger partial charge in [-0.2, -0.15) is 0 Å². The maximum Gasteiger partial charge on any atom is 0.224 e. The van der Waals surface area contributed by atoms with Gasteiger partial charge in [0, 0.05) is 43.9 Å². The third-order valence-corrected chi connectivity index (χ3v) is 3.73. The van der Waals surface area contributed by atoms with Crippen molar-refractivity contribution in [3.05, 3.63) is 54.1 Å². The second-order valence-corrected chi connectivity index (χ2v) is 5.87. The minimum atomic E-state index is -0.170. The van der Waals surface area contributed by atoms with E-state index in [1.807, 2.05) is 50.2 Å². The van der Waals surface area contributed by atoms with Crippen LogP contribution >= 0.6 is 0 Å². The summed E-state index contributed by atoms with van der Waals surface area (Å²) in [6.07, 6.45) is 0.330. The number of nitrogens with zero attached hydrogens (tertiary/aromatic N) is 1. The Morgan fingerprint density at radius 2 is 1.60 bits per heavy atom. The molecule has 2 aromatic rings. The molecule has 2 aromatic carbocycles. The fraction of sp³-hybridized carbons (Fsp3) is 0.300. The average Bonchev–Trinajstić information content (AvgIpc) is 2.61. The van der Waals surface area contributed by atoms with Gasteiger partial charge in [-0.1, -0.05) is 0 Å². The predicted octanol–water partition coefficient (Wildman–Crippen LogP) is 3.75. The highest BCUT2D eigenvalue weighted by Gasteiger charge is 2.10. The molecule has 0 saturated carbocycles. The van der Waals surface area contributed by atoms with E-state index in [0.717, 1.165) is 17.1 Å². The number of ketones is 1. The molecule has 0 heterocycles. The number of anilines is 2. The van der Waals surface area contributed by atoms with Crippen molar-refractivity contribution in [1.29, 1.82) is 0 Å². The number of hydrogen-bond acceptors (Lipinski definition) is 4. The lowest BCUT2D eigenvalue weighted by Crippen LogP contribution is -2.14. The molecule has 0 aliphatic heterocycles. The van der Waals surface area contributed by atoms with Gasteiger partial charge in [-0.15, -0.1) is 0 Å². The zero-order valence-corrected chi connectivity index (χ0v) is 14.9. The summed E-state index contributed by atoms with van der Waals surface area (Å²) in [5.74, 6) is 0.510. The van der Waals surface area contributed by atoms with Gasteiger partial charge < -0.3 is 15.0 Å². The van der Waals surface area contributed by atoms with Crippen molar-refractivity contribution in [2.24, 2.45) is 0 Å². The first-order valence-electron chi connectivity index (χ1n) is 8.33. The van der Waals surface area contributed by atoms with Crippen LogP contribution < -0.4 is 15.0 Å². The summed E-state index contributed by atoms with van der Waals surface area (Å²) < 4.78 is 5.35. The van der Waals surface area contributed by atoms with E-state index in [1.165, 1.54) is 0 Å². The molecular formula is C20H24N2O3. The van der Waals surface area contributed by atoms with E-state index >= 15 is 0 Å². The van der Waals surface area contributed by atoms with E-state index in [1.54, 1.807) is 24.3 Å². The maximum absolute atomic E-state index is 12.2. The van der Waals surface area contributed by atoms with E-state index in [4.69, 9.17) is 4.74 Å². The minimum absolute atomic E-state index is 0.0545. The molecule has 1 N–H and O–H groups in total. The first kappa shape index (κ1) is 18.5. The van der Waals surface area contributed by atoms with E-state index in [0.29, 0.717) is 12.2 Å². The van der Waals surface area contributed by atoms with Crippen LogP contribution in [-0.2, 0) is 4.79 Å². The first-order valence-corrected chi connectivity index (χ1v) is 8.33. The Bertz CT molecular complexity index is 707. The second kappa shape index (κ2) is 8.87. The lowest BCUT2D eigenvalue weighted by molar-refractivity contribution is -0.116. The lowest BCUT2D eigenvalue weighted by atomic mass is 10.1. The van der Waals surface area contributed by atoms with E-state index in [-0.39, 0.29) is 24.5 Å². The summed E-state index contributed by atoms with van der Waals surface area (Å²) in [6, 6.07) is 14.5. The first-order chi connectivity index (χ1) is 12.0. The molecule has 2 rings (SSSR count). The van der Waals surface area contributed by atoms with Crippen LogP contribution in [0.5, 0.6) is 5.75 Å². The molecule has 5 nitrogen and oxygen atoms in total. The topological polar surface area (TPSA) is 58.6 Å². The highest BCUT2D eigenvalue weighted by atomic mass is 16.5. The van der Waals surface area contributed by atoms with Gasteiger partial charge in [0.05, 0.1) is 6.61 Å². The van der Waals surface area contributed by atoms with Gasteiger partial charge >= 0.3 is 0 Å². The van der Waals surface area contributed by atoms with E-state index in [2.05, 4.69) is 5.32 Å². The molecule has 5 heteroatoms. The van der Waals surface area contributed by atoms with Crippen molar-refractivity contribution < 1.29 is 14.3 Å². The van der Waals surface area contributed by atoms with Crippen LogP contribution in [0.25, 0.3) is 0 Å². The second-order valence-electron chi connectivity index (χ2n) is 5.87. The quantitative estimate of drug-likeness (QED) is 0.744. The van der Waals surface area contributed by atoms with Crippen LogP contribution in [0, 0.1) is 0 Å². The molecule has 0 atom stereocenters. The monoisotopic (exact) mass is 340 g/mol. The molecule has 0 aromatic heterocycles.